The molecule has 1 saturated heterocycles. The smallest absolute Gasteiger partial charge is 0.394 e. The van der Waals surface area contributed by atoms with E-state index in [0.717, 1.165) is 13.8 Å². The second-order valence-corrected chi connectivity index (χ2v) is 9.07. The Morgan fingerprint density at radius 3 is 2.12 bits per heavy atom. The molecule has 0 radical (unpaired) electrons. The Morgan fingerprint density at radius 2 is 1.72 bits per heavy atom. The lowest BCUT2D eigenvalue weighted by Gasteiger charge is -2.34. The molecule has 5 N–H and O–H groups in total. The van der Waals surface area contributed by atoms with Gasteiger partial charge in [-0.1, -0.05) is 0 Å². The van der Waals surface area contributed by atoms with Crippen molar-refractivity contribution >= 4 is 15.2 Å². The first-order valence-electron chi connectivity index (χ1n) is 6.99. The molecule has 1 heterocycles. The Hall–Kier alpha value is -0.0400. The van der Waals surface area contributed by atoms with Crippen molar-refractivity contribution in [3.05, 3.63) is 0 Å². The van der Waals surface area contributed by atoms with Crippen LogP contribution in [0.4, 0.5) is 8.78 Å². The second kappa shape index (κ2) is 7.91. The number of aliphatic hydroxyl groups excluding tert-OH is 3. The third-order valence-electron chi connectivity index (χ3n) is 3.10. The summed E-state index contributed by atoms with van der Waals surface area (Å²) >= 11 is 0. The lowest BCUT2D eigenvalue weighted by Crippen LogP contribution is -2.46. The molecular weight excluding hydrogens is 396 g/mol. The van der Waals surface area contributed by atoms with Crippen molar-refractivity contribution in [2.45, 2.75) is 43.5 Å². The van der Waals surface area contributed by atoms with E-state index in [1.54, 1.807) is 0 Å². The summed E-state index contributed by atoms with van der Waals surface area (Å²) in [6.45, 7) is -0.112. The molecule has 0 aromatic rings. The van der Waals surface area contributed by atoms with Crippen LogP contribution in [0.1, 0.15) is 13.8 Å². The zero-order valence-electron chi connectivity index (χ0n) is 13.2. The molecule has 25 heavy (non-hydrogen) atoms. The first-order chi connectivity index (χ1) is 11.3. The Labute approximate surface area is 141 Å². The number of rotatable bonds is 9. The molecule has 1 aliphatic heterocycles. The van der Waals surface area contributed by atoms with Crippen LogP contribution in [0.3, 0.4) is 0 Å². The largest absolute Gasteiger partial charge is 0.444 e. The fraction of sp³-hybridized carbons (Fsp3) is 1.00. The number of ether oxygens (including phenoxy) is 1. The quantitative estimate of drug-likeness (QED) is 0.248. The maximum Gasteiger partial charge on any atom is 0.444 e. The molecule has 6 atom stereocenters. The molecule has 1 rings (SSSR count). The van der Waals surface area contributed by atoms with Gasteiger partial charge in [-0.2, -0.15) is 8.78 Å². The summed E-state index contributed by atoms with van der Waals surface area (Å²) in [5, 5.41) is 33.0. The highest BCUT2D eigenvalue weighted by molar-refractivity contribution is 7.73. The van der Waals surface area contributed by atoms with Gasteiger partial charge in [-0.3, -0.25) is 9.13 Å². The molecule has 1 fully saturated rings. The Morgan fingerprint density at radius 1 is 1.20 bits per heavy atom. The number of hydrogen-bond donors (Lipinski definition) is 5. The molecular formula is C10H20F2O11P2. The molecule has 3 unspecified atom stereocenters. The SMILES string of the molecule is CCOP(=O)(O)C(F)(F)P(=O)(OCC)OC1(O)O[C@H](CO)[C@@H](O)[C@H]1O. The van der Waals surface area contributed by atoms with Crippen molar-refractivity contribution in [2.24, 2.45) is 0 Å². The van der Waals surface area contributed by atoms with E-state index < -0.39 is 64.7 Å². The van der Waals surface area contributed by atoms with E-state index in [4.69, 9.17) is 5.11 Å². The highest BCUT2D eigenvalue weighted by Crippen LogP contribution is 2.78. The van der Waals surface area contributed by atoms with Crippen molar-refractivity contribution in [3.8, 4) is 0 Å². The zero-order chi connectivity index (χ0) is 19.7. The minimum Gasteiger partial charge on any atom is -0.394 e. The van der Waals surface area contributed by atoms with Gasteiger partial charge in [0.05, 0.1) is 19.8 Å². The van der Waals surface area contributed by atoms with Crippen molar-refractivity contribution in [3.63, 3.8) is 0 Å². The summed E-state index contributed by atoms with van der Waals surface area (Å²) in [4.78, 5) is 9.36. The topological polar surface area (TPSA) is 172 Å². The molecule has 0 saturated carbocycles. The van der Waals surface area contributed by atoms with Gasteiger partial charge in [0.2, 0.25) is 0 Å². The van der Waals surface area contributed by atoms with Gasteiger partial charge in [-0.15, -0.1) is 0 Å². The molecule has 1 aliphatic rings. The summed E-state index contributed by atoms with van der Waals surface area (Å²) in [5.74, 6) is -3.51. The van der Waals surface area contributed by atoms with Crippen molar-refractivity contribution in [2.75, 3.05) is 19.8 Å². The summed E-state index contributed by atoms with van der Waals surface area (Å²) in [6.07, 6.45) is -6.11. The highest BCUT2D eigenvalue weighted by atomic mass is 31.2. The number of hydrogen-bond acceptors (Lipinski definition) is 10. The van der Waals surface area contributed by atoms with Crippen LogP contribution >= 0.6 is 15.2 Å². The van der Waals surface area contributed by atoms with Crippen LogP contribution in [0.5, 0.6) is 0 Å². The minimum atomic E-state index is -5.99. The van der Waals surface area contributed by atoms with Crippen LogP contribution in [0.2, 0.25) is 0 Å². The number of halogens is 2. The van der Waals surface area contributed by atoms with Gasteiger partial charge in [0.1, 0.15) is 12.2 Å². The maximum absolute atomic E-state index is 14.3. The first kappa shape index (κ1) is 23.0. The summed E-state index contributed by atoms with van der Waals surface area (Å²) in [6, 6.07) is 0. The molecule has 0 amide bonds. The molecule has 0 aliphatic carbocycles. The predicted octanol–water partition coefficient (Wildman–Crippen LogP) is -0.236. The fourth-order valence-electron chi connectivity index (χ4n) is 1.90. The van der Waals surface area contributed by atoms with E-state index in [9.17, 15) is 38.1 Å². The molecule has 0 bridgehead atoms. The highest BCUT2D eigenvalue weighted by Gasteiger charge is 2.71. The van der Waals surface area contributed by atoms with Gasteiger partial charge in [0, 0.05) is 0 Å². The Bertz CT molecular complexity index is 561. The van der Waals surface area contributed by atoms with Crippen molar-refractivity contribution in [1.82, 2.24) is 0 Å². The minimum absolute atomic E-state index is 0.649. The Balaban J connectivity index is 3.27. The van der Waals surface area contributed by atoms with Crippen LogP contribution in [-0.2, 0) is 27.4 Å². The third kappa shape index (κ3) is 4.12. The van der Waals surface area contributed by atoms with Gasteiger partial charge in [-0.25, -0.2) is 4.52 Å². The van der Waals surface area contributed by atoms with Gasteiger partial charge in [-0.05, 0) is 13.8 Å². The van der Waals surface area contributed by atoms with E-state index >= 15 is 0 Å². The van der Waals surface area contributed by atoms with E-state index in [0.29, 0.717) is 0 Å². The molecule has 0 spiro atoms. The Kier molecular flexibility index (Phi) is 7.28. The average Bonchev–Trinajstić information content (AvgIpc) is 2.71. The normalized spacial score (nSPS) is 35.3. The summed E-state index contributed by atoms with van der Waals surface area (Å²) < 4.78 is 69.9. The van der Waals surface area contributed by atoms with Gasteiger partial charge in [0.15, 0.2) is 6.10 Å². The molecule has 15 heteroatoms. The lowest BCUT2D eigenvalue weighted by molar-refractivity contribution is -0.343. The van der Waals surface area contributed by atoms with E-state index in [2.05, 4.69) is 18.3 Å². The fourth-order valence-corrected chi connectivity index (χ4v) is 5.27. The monoisotopic (exact) mass is 416 g/mol. The molecule has 0 aromatic carbocycles. The van der Waals surface area contributed by atoms with E-state index in [1.807, 2.05) is 0 Å². The van der Waals surface area contributed by atoms with Crippen LogP contribution in [0, 0.1) is 0 Å². The second-order valence-electron chi connectivity index (χ2n) is 4.86. The zero-order valence-corrected chi connectivity index (χ0v) is 15.0. The lowest BCUT2D eigenvalue weighted by atomic mass is 10.1. The van der Waals surface area contributed by atoms with Gasteiger partial charge >= 0.3 is 26.6 Å². The van der Waals surface area contributed by atoms with E-state index in [-0.39, 0.29) is 0 Å². The molecule has 0 aromatic heterocycles. The maximum atomic E-state index is 14.3. The summed E-state index contributed by atoms with van der Waals surface area (Å²) in [5.41, 5.74) is 0. The van der Waals surface area contributed by atoms with Gasteiger partial charge in [0.25, 0.3) is 0 Å². The molecule has 150 valence electrons. The predicted molar refractivity (Wildman–Crippen MR) is 75.6 cm³/mol. The number of alkyl halides is 2. The number of aliphatic hydroxyl groups is 4. The van der Waals surface area contributed by atoms with Gasteiger partial charge < -0.3 is 39.1 Å². The van der Waals surface area contributed by atoms with Crippen LogP contribution in [0.15, 0.2) is 0 Å². The molecule has 11 nitrogen and oxygen atoms in total. The average molecular weight is 416 g/mol. The third-order valence-corrected chi connectivity index (χ3v) is 7.64. The van der Waals surface area contributed by atoms with E-state index in [1.165, 1.54) is 0 Å². The summed E-state index contributed by atoms with van der Waals surface area (Å²) in [7, 11) is -11.9. The van der Waals surface area contributed by atoms with Crippen LogP contribution < -0.4 is 0 Å². The first-order valence-corrected chi connectivity index (χ1v) is 10.1. The van der Waals surface area contributed by atoms with Crippen LogP contribution in [0.25, 0.3) is 0 Å². The standard InChI is InChI=1S/C10H20F2O11P2/c1-3-20-24(17,18)10(11,12)25(19,21-4-2)23-9(16)8(15)7(14)6(5-13)22-9/h6-8,13-16H,3-5H2,1-2H3,(H,17,18)/t6-,7-,8-,9?,25?/m1/s1. The van der Waals surface area contributed by atoms with Crippen molar-refractivity contribution < 1.29 is 61.5 Å². The van der Waals surface area contributed by atoms with Crippen LogP contribution in [-0.4, -0.2) is 74.8 Å². The van der Waals surface area contributed by atoms with Crippen molar-refractivity contribution in [1.29, 1.82) is 0 Å².